The van der Waals surface area contributed by atoms with Gasteiger partial charge in [0.1, 0.15) is 5.82 Å². The lowest BCUT2D eigenvalue weighted by Crippen LogP contribution is -2.37. The van der Waals surface area contributed by atoms with Gasteiger partial charge in [0.25, 0.3) is 0 Å². The van der Waals surface area contributed by atoms with Crippen molar-refractivity contribution in [2.24, 2.45) is 0 Å². The number of anilines is 1. The SMILES string of the molecule is CCn1c(C)cc(C(=O)CSc2nnc(N3CCOCC3)n2-c2cccc(F)c2)c1C. The average Bonchev–Trinajstić information content (AvgIpc) is 3.33. The van der Waals surface area contributed by atoms with Crippen LogP contribution in [-0.4, -0.2) is 57.2 Å². The molecule has 1 aliphatic rings. The molecule has 0 saturated carbocycles. The second-order valence-electron chi connectivity index (χ2n) is 7.44. The van der Waals surface area contributed by atoms with Crippen LogP contribution in [0, 0.1) is 19.7 Å². The number of aromatic nitrogens is 4. The Bertz CT molecular complexity index is 1090. The molecule has 0 radical (unpaired) electrons. The average molecular weight is 444 g/mol. The number of halogens is 1. The molecule has 31 heavy (non-hydrogen) atoms. The summed E-state index contributed by atoms with van der Waals surface area (Å²) in [5, 5.41) is 9.27. The molecule has 1 saturated heterocycles. The second kappa shape index (κ2) is 9.23. The molecule has 0 N–H and O–H groups in total. The molecule has 1 aliphatic heterocycles. The summed E-state index contributed by atoms with van der Waals surface area (Å²) in [4.78, 5) is 15.0. The number of hydrogen-bond acceptors (Lipinski definition) is 6. The van der Waals surface area contributed by atoms with E-state index in [9.17, 15) is 9.18 Å². The summed E-state index contributed by atoms with van der Waals surface area (Å²) in [6, 6.07) is 8.28. The molecule has 0 bridgehead atoms. The van der Waals surface area contributed by atoms with Gasteiger partial charge < -0.3 is 14.2 Å². The minimum absolute atomic E-state index is 0.0412. The fourth-order valence-electron chi connectivity index (χ4n) is 3.94. The number of rotatable bonds is 7. The Morgan fingerprint density at radius 3 is 2.65 bits per heavy atom. The van der Waals surface area contributed by atoms with Crippen molar-refractivity contribution in [2.75, 3.05) is 37.0 Å². The number of ketones is 1. The molecular weight excluding hydrogens is 417 g/mol. The molecular formula is C22H26FN5O2S. The van der Waals surface area contributed by atoms with Gasteiger partial charge in [-0.3, -0.25) is 9.36 Å². The van der Waals surface area contributed by atoms with Gasteiger partial charge in [-0.25, -0.2) is 4.39 Å². The molecule has 0 spiro atoms. The zero-order valence-corrected chi connectivity index (χ0v) is 18.8. The lowest BCUT2D eigenvalue weighted by Gasteiger charge is -2.27. The minimum atomic E-state index is -0.335. The van der Waals surface area contributed by atoms with Gasteiger partial charge in [-0.2, -0.15) is 0 Å². The number of Topliss-reactive ketones (excluding diaryl/α,β-unsaturated/α-hetero) is 1. The van der Waals surface area contributed by atoms with Crippen LogP contribution in [0.1, 0.15) is 28.7 Å². The third-order valence-corrected chi connectivity index (χ3v) is 6.43. The molecule has 2 aromatic heterocycles. The van der Waals surface area contributed by atoms with E-state index in [2.05, 4.69) is 26.6 Å². The zero-order valence-electron chi connectivity index (χ0n) is 18.0. The highest BCUT2D eigenvalue weighted by Gasteiger charge is 2.23. The van der Waals surface area contributed by atoms with Gasteiger partial charge in [-0.05, 0) is 45.0 Å². The van der Waals surface area contributed by atoms with E-state index in [-0.39, 0.29) is 17.4 Å². The minimum Gasteiger partial charge on any atom is -0.378 e. The molecule has 1 fully saturated rings. The van der Waals surface area contributed by atoms with E-state index in [1.165, 1.54) is 23.9 Å². The molecule has 3 heterocycles. The van der Waals surface area contributed by atoms with Crippen molar-refractivity contribution in [3.8, 4) is 5.69 Å². The second-order valence-corrected chi connectivity index (χ2v) is 8.38. The van der Waals surface area contributed by atoms with Crippen molar-refractivity contribution in [3.63, 3.8) is 0 Å². The Morgan fingerprint density at radius 2 is 1.97 bits per heavy atom. The number of benzene rings is 1. The molecule has 7 nitrogen and oxygen atoms in total. The monoisotopic (exact) mass is 443 g/mol. The van der Waals surface area contributed by atoms with Gasteiger partial charge >= 0.3 is 0 Å². The van der Waals surface area contributed by atoms with Crippen LogP contribution in [0.25, 0.3) is 5.69 Å². The number of thioether (sulfide) groups is 1. The Balaban J connectivity index is 1.62. The maximum atomic E-state index is 14.0. The quantitative estimate of drug-likeness (QED) is 0.410. The van der Waals surface area contributed by atoms with E-state index in [1.807, 2.05) is 30.5 Å². The molecule has 0 atom stereocenters. The van der Waals surface area contributed by atoms with E-state index in [0.29, 0.717) is 43.1 Å². The lowest BCUT2D eigenvalue weighted by molar-refractivity contribution is 0.102. The predicted molar refractivity (Wildman–Crippen MR) is 119 cm³/mol. The van der Waals surface area contributed by atoms with Crippen molar-refractivity contribution in [3.05, 3.63) is 53.1 Å². The van der Waals surface area contributed by atoms with Crippen molar-refractivity contribution in [1.82, 2.24) is 19.3 Å². The van der Waals surface area contributed by atoms with Gasteiger partial charge in [0.15, 0.2) is 10.9 Å². The van der Waals surface area contributed by atoms with Crippen LogP contribution in [0.2, 0.25) is 0 Å². The first-order valence-electron chi connectivity index (χ1n) is 10.4. The molecule has 4 rings (SSSR count). The van der Waals surface area contributed by atoms with Crippen molar-refractivity contribution in [2.45, 2.75) is 32.5 Å². The summed E-state index contributed by atoms with van der Waals surface area (Å²) in [6.07, 6.45) is 0. The van der Waals surface area contributed by atoms with Gasteiger partial charge in [-0.15, -0.1) is 10.2 Å². The van der Waals surface area contributed by atoms with E-state index < -0.39 is 0 Å². The third-order valence-electron chi connectivity index (χ3n) is 5.50. The van der Waals surface area contributed by atoms with Crippen molar-refractivity contribution >= 4 is 23.5 Å². The smallest absolute Gasteiger partial charge is 0.232 e. The lowest BCUT2D eigenvalue weighted by atomic mass is 10.2. The van der Waals surface area contributed by atoms with Crippen LogP contribution in [0.5, 0.6) is 0 Å². The van der Waals surface area contributed by atoms with Crippen molar-refractivity contribution in [1.29, 1.82) is 0 Å². The van der Waals surface area contributed by atoms with Crippen LogP contribution in [-0.2, 0) is 11.3 Å². The van der Waals surface area contributed by atoms with Crippen LogP contribution in [0.3, 0.4) is 0 Å². The summed E-state index contributed by atoms with van der Waals surface area (Å²) in [5.74, 6) is 0.565. The zero-order chi connectivity index (χ0) is 22.0. The predicted octanol–water partition coefficient (Wildman–Crippen LogP) is 3.66. The number of nitrogens with zero attached hydrogens (tertiary/aromatic N) is 5. The van der Waals surface area contributed by atoms with Crippen LogP contribution in [0.15, 0.2) is 35.5 Å². The van der Waals surface area contributed by atoms with E-state index in [4.69, 9.17) is 4.74 Å². The highest BCUT2D eigenvalue weighted by molar-refractivity contribution is 7.99. The summed E-state index contributed by atoms with van der Waals surface area (Å²) in [6.45, 7) is 9.44. The molecule has 9 heteroatoms. The van der Waals surface area contributed by atoms with Crippen LogP contribution >= 0.6 is 11.8 Å². The molecule has 0 aliphatic carbocycles. The summed E-state index contributed by atoms with van der Waals surface area (Å²) >= 11 is 1.32. The highest BCUT2D eigenvalue weighted by atomic mass is 32.2. The molecule has 0 amide bonds. The van der Waals surface area contributed by atoms with Gasteiger partial charge in [0.2, 0.25) is 5.95 Å². The molecule has 1 aromatic carbocycles. The standard InChI is InChI=1S/C22H26FN5O2S/c1-4-27-15(2)12-19(16(27)3)20(29)14-31-22-25-24-21(26-8-10-30-11-9-26)28(22)18-7-5-6-17(23)13-18/h5-7,12-13H,4,8-11,14H2,1-3H3. The highest BCUT2D eigenvalue weighted by Crippen LogP contribution is 2.28. The first-order chi connectivity index (χ1) is 15.0. The molecule has 0 unspecified atom stereocenters. The van der Waals surface area contributed by atoms with E-state index in [1.54, 1.807) is 6.07 Å². The summed E-state index contributed by atoms with van der Waals surface area (Å²) in [5.41, 5.74) is 3.42. The summed E-state index contributed by atoms with van der Waals surface area (Å²) < 4.78 is 23.4. The largest absolute Gasteiger partial charge is 0.378 e. The number of aryl methyl sites for hydroxylation is 1. The van der Waals surface area contributed by atoms with E-state index >= 15 is 0 Å². The summed E-state index contributed by atoms with van der Waals surface area (Å²) in [7, 11) is 0. The fourth-order valence-corrected chi connectivity index (χ4v) is 4.77. The first kappa shape index (κ1) is 21.6. The van der Waals surface area contributed by atoms with Crippen LogP contribution < -0.4 is 4.90 Å². The first-order valence-corrected chi connectivity index (χ1v) is 11.3. The topological polar surface area (TPSA) is 65.2 Å². The maximum absolute atomic E-state index is 14.0. The Morgan fingerprint density at radius 1 is 1.19 bits per heavy atom. The Kier molecular flexibility index (Phi) is 6.43. The van der Waals surface area contributed by atoms with Crippen LogP contribution in [0.4, 0.5) is 10.3 Å². The maximum Gasteiger partial charge on any atom is 0.232 e. The fraction of sp³-hybridized carbons (Fsp3) is 0.409. The number of morpholine rings is 1. The Hall–Kier alpha value is -2.65. The molecule has 3 aromatic rings. The van der Waals surface area contributed by atoms with Gasteiger partial charge in [0, 0.05) is 36.6 Å². The normalized spacial score (nSPS) is 14.3. The number of carbonyl (C=O) groups is 1. The third kappa shape index (κ3) is 4.38. The Labute approximate surface area is 185 Å². The number of hydrogen-bond donors (Lipinski definition) is 0. The molecule has 164 valence electrons. The van der Waals surface area contributed by atoms with Gasteiger partial charge in [-0.1, -0.05) is 17.8 Å². The van der Waals surface area contributed by atoms with E-state index in [0.717, 1.165) is 23.5 Å². The number of ether oxygens (including phenoxy) is 1. The van der Waals surface area contributed by atoms with Gasteiger partial charge in [0.05, 0.1) is 24.7 Å². The number of carbonyl (C=O) groups excluding carboxylic acids is 1. The van der Waals surface area contributed by atoms with Crippen molar-refractivity contribution < 1.29 is 13.9 Å².